The Hall–Kier alpha value is -3.00. The van der Waals surface area contributed by atoms with Gasteiger partial charge < -0.3 is 20.1 Å². The first-order valence-corrected chi connectivity index (χ1v) is 13.2. The Bertz CT molecular complexity index is 1070. The number of alkyl carbamates (subject to hydrolysis) is 1. The molecule has 2 aromatic rings. The number of carbonyl (C=O) groups is 3. The third-order valence-corrected chi connectivity index (χ3v) is 7.74. The Morgan fingerprint density at radius 3 is 2.26 bits per heavy atom. The molecule has 1 aliphatic carbocycles. The fraction of sp³-hybridized carbons (Fsp3) is 0.444. The number of carboxylic acids is 1. The standard InChI is InChI=1S/C27H32N2O5S/c1-27(2)16-29(14-22(27)25(31)32)24(30)23(12-13-35-3)28-26(33)34-15-21-19-10-6-4-8-17(19)18-9-5-7-11-20(18)21/h4-11,21-23H,12-16H2,1-3H3,(H,28,33)(H,31,32)/t22?,23-/m1/s1. The summed E-state index contributed by atoms with van der Waals surface area (Å²) in [4.78, 5) is 39.3. The predicted octanol–water partition coefficient (Wildman–Crippen LogP) is 4.22. The summed E-state index contributed by atoms with van der Waals surface area (Å²) in [5.74, 6) is -1.19. The van der Waals surface area contributed by atoms with Gasteiger partial charge in [0.05, 0.1) is 5.92 Å². The maximum atomic E-state index is 13.3. The average Bonchev–Trinajstić information content (AvgIpc) is 3.34. The van der Waals surface area contributed by atoms with Crippen LogP contribution in [0.3, 0.4) is 0 Å². The number of thioether (sulfide) groups is 1. The van der Waals surface area contributed by atoms with Crippen molar-refractivity contribution in [1.29, 1.82) is 0 Å². The second kappa shape index (κ2) is 10.3. The zero-order chi connectivity index (χ0) is 25.2. The molecule has 0 bridgehead atoms. The number of likely N-dealkylation sites (tertiary alicyclic amines) is 1. The van der Waals surface area contributed by atoms with E-state index in [2.05, 4.69) is 29.6 Å². The van der Waals surface area contributed by atoms with Gasteiger partial charge in [0.1, 0.15) is 12.6 Å². The monoisotopic (exact) mass is 496 g/mol. The Balaban J connectivity index is 1.42. The van der Waals surface area contributed by atoms with E-state index in [0.717, 1.165) is 22.3 Å². The molecule has 2 atom stereocenters. The van der Waals surface area contributed by atoms with Gasteiger partial charge in [0.15, 0.2) is 0 Å². The molecule has 2 amide bonds. The lowest BCUT2D eigenvalue weighted by atomic mass is 9.82. The largest absolute Gasteiger partial charge is 0.481 e. The van der Waals surface area contributed by atoms with E-state index in [0.29, 0.717) is 18.7 Å². The molecule has 1 unspecified atom stereocenters. The van der Waals surface area contributed by atoms with Crippen LogP contribution >= 0.6 is 11.8 Å². The number of nitrogens with zero attached hydrogens (tertiary/aromatic N) is 1. The molecule has 1 saturated heterocycles. The third-order valence-electron chi connectivity index (χ3n) is 7.10. The van der Waals surface area contributed by atoms with Crippen LogP contribution in [0.2, 0.25) is 0 Å². The molecule has 186 valence electrons. The molecule has 0 radical (unpaired) electrons. The summed E-state index contributed by atoms with van der Waals surface area (Å²) < 4.78 is 5.64. The van der Waals surface area contributed by atoms with Crippen molar-refractivity contribution in [1.82, 2.24) is 10.2 Å². The molecule has 1 fully saturated rings. The molecule has 4 rings (SSSR count). The number of amides is 2. The quantitative estimate of drug-likeness (QED) is 0.568. The van der Waals surface area contributed by atoms with Crippen LogP contribution in [0.5, 0.6) is 0 Å². The van der Waals surface area contributed by atoms with Crippen molar-refractivity contribution in [2.45, 2.75) is 32.2 Å². The van der Waals surface area contributed by atoms with E-state index in [4.69, 9.17) is 4.74 Å². The second-order valence-electron chi connectivity index (χ2n) is 9.90. The maximum absolute atomic E-state index is 13.3. The highest BCUT2D eigenvalue weighted by molar-refractivity contribution is 7.98. The van der Waals surface area contributed by atoms with Gasteiger partial charge >= 0.3 is 12.1 Å². The predicted molar refractivity (Wildman–Crippen MR) is 136 cm³/mol. The van der Waals surface area contributed by atoms with Crippen molar-refractivity contribution in [3.05, 3.63) is 59.7 Å². The van der Waals surface area contributed by atoms with Crippen LogP contribution in [0.15, 0.2) is 48.5 Å². The second-order valence-corrected chi connectivity index (χ2v) is 10.9. The molecular weight excluding hydrogens is 464 g/mol. The first kappa shape index (κ1) is 25.1. The number of nitrogens with one attached hydrogen (secondary N) is 1. The molecule has 7 nitrogen and oxygen atoms in total. The summed E-state index contributed by atoms with van der Waals surface area (Å²) >= 11 is 1.58. The van der Waals surface area contributed by atoms with E-state index in [-0.39, 0.29) is 25.0 Å². The van der Waals surface area contributed by atoms with Gasteiger partial charge in [-0.2, -0.15) is 11.8 Å². The van der Waals surface area contributed by atoms with E-state index in [9.17, 15) is 19.5 Å². The molecular formula is C27H32N2O5S. The number of hydrogen-bond acceptors (Lipinski definition) is 5. The van der Waals surface area contributed by atoms with E-state index >= 15 is 0 Å². The van der Waals surface area contributed by atoms with Crippen molar-refractivity contribution in [3.8, 4) is 11.1 Å². The molecule has 35 heavy (non-hydrogen) atoms. The van der Waals surface area contributed by atoms with E-state index in [1.165, 1.54) is 0 Å². The first-order valence-electron chi connectivity index (χ1n) is 11.8. The number of carbonyl (C=O) groups excluding carboxylic acids is 2. The SMILES string of the molecule is CSCC[C@@H](NC(=O)OCC1c2ccccc2-c2ccccc21)C(=O)N1CC(C(=O)O)C(C)(C)C1. The molecule has 0 spiro atoms. The highest BCUT2D eigenvalue weighted by Crippen LogP contribution is 2.44. The number of benzene rings is 2. The molecule has 2 N–H and O–H groups in total. The molecule has 1 aliphatic heterocycles. The lowest BCUT2D eigenvalue weighted by molar-refractivity contribution is -0.144. The third kappa shape index (κ3) is 5.17. The van der Waals surface area contributed by atoms with Gasteiger partial charge in [0.25, 0.3) is 0 Å². The van der Waals surface area contributed by atoms with Crippen molar-refractivity contribution >= 4 is 29.7 Å². The summed E-state index contributed by atoms with van der Waals surface area (Å²) in [6, 6.07) is 15.5. The van der Waals surface area contributed by atoms with Gasteiger partial charge in [0.2, 0.25) is 5.91 Å². The molecule has 1 heterocycles. The zero-order valence-corrected chi connectivity index (χ0v) is 21.1. The highest BCUT2D eigenvalue weighted by Gasteiger charge is 2.46. The molecule has 2 aromatic carbocycles. The maximum Gasteiger partial charge on any atom is 0.407 e. The minimum absolute atomic E-state index is 0.0656. The van der Waals surface area contributed by atoms with Gasteiger partial charge in [-0.05, 0) is 46.1 Å². The molecule has 8 heteroatoms. The van der Waals surface area contributed by atoms with Gasteiger partial charge in [-0.15, -0.1) is 0 Å². The minimum atomic E-state index is -0.907. The Labute approximate surface area is 210 Å². The van der Waals surface area contributed by atoms with Crippen LogP contribution in [0, 0.1) is 11.3 Å². The highest BCUT2D eigenvalue weighted by atomic mass is 32.2. The normalized spacial score (nSPS) is 19.1. The summed E-state index contributed by atoms with van der Waals surface area (Å²) in [6.07, 6.45) is 1.74. The van der Waals surface area contributed by atoms with Crippen LogP contribution in [0.4, 0.5) is 4.79 Å². The van der Waals surface area contributed by atoms with Gasteiger partial charge in [-0.3, -0.25) is 9.59 Å². The first-order chi connectivity index (χ1) is 16.7. The fourth-order valence-corrected chi connectivity index (χ4v) is 5.68. The zero-order valence-electron chi connectivity index (χ0n) is 20.3. The number of hydrogen-bond donors (Lipinski definition) is 2. The lowest BCUT2D eigenvalue weighted by Gasteiger charge is -2.25. The van der Waals surface area contributed by atoms with Crippen LogP contribution in [0.25, 0.3) is 11.1 Å². The Morgan fingerprint density at radius 1 is 1.11 bits per heavy atom. The molecule has 2 aliphatic rings. The summed E-state index contributed by atoms with van der Waals surface area (Å²) in [5, 5.41) is 12.3. The van der Waals surface area contributed by atoms with Gasteiger partial charge in [-0.1, -0.05) is 62.4 Å². The molecule has 0 saturated carbocycles. The number of rotatable bonds is 8. The van der Waals surface area contributed by atoms with Crippen molar-refractivity contribution in [3.63, 3.8) is 0 Å². The van der Waals surface area contributed by atoms with E-state index in [1.54, 1.807) is 16.7 Å². The van der Waals surface area contributed by atoms with Crippen LogP contribution in [-0.2, 0) is 14.3 Å². The topological polar surface area (TPSA) is 95.9 Å². The lowest BCUT2D eigenvalue weighted by Crippen LogP contribution is -2.49. The number of fused-ring (bicyclic) bond motifs is 3. The fourth-order valence-electron chi connectivity index (χ4n) is 5.21. The van der Waals surface area contributed by atoms with Crippen LogP contribution < -0.4 is 5.32 Å². The average molecular weight is 497 g/mol. The Morgan fingerprint density at radius 2 is 1.71 bits per heavy atom. The van der Waals surface area contributed by atoms with Crippen molar-refractivity contribution < 1.29 is 24.2 Å². The van der Waals surface area contributed by atoms with E-state index < -0.39 is 29.4 Å². The molecule has 0 aromatic heterocycles. The number of ether oxygens (including phenoxy) is 1. The van der Waals surface area contributed by atoms with Gasteiger partial charge in [0, 0.05) is 19.0 Å². The van der Waals surface area contributed by atoms with Crippen LogP contribution in [0.1, 0.15) is 37.3 Å². The minimum Gasteiger partial charge on any atom is -0.481 e. The van der Waals surface area contributed by atoms with E-state index in [1.807, 2.05) is 44.4 Å². The smallest absolute Gasteiger partial charge is 0.407 e. The van der Waals surface area contributed by atoms with Crippen molar-refractivity contribution in [2.75, 3.05) is 31.7 Å². The Kier molecular flexibility index (Phi) is 7.40. The summed E-state index contributed by atoms with van der Waals surface area (Å²) in [5.41, 5.74) is 4.01. The van der Waals surface area contributed by atoms with Crippen LogP contribution in [-0.4, -0.2) is 65.7 Å². The van der Waals surface area contributed by atoms with Gasteiger partial charge in [-0.25, -0.2) is 4.79 Å². The summed E-state index contributed by atoms with van der Waals surface area (Å²) in [6.45, 7) is 4.36. The number of carboxylic acid groups (broad SMARTS) is 1. The number of aliphatic carboxylic acids is 1. The van der Waals surface area contributed by atoms with Crippen molar-refractivity contribution in [2.24, 2.45) is 11.3 Å². The summed E-state index contributed by atoms with van der Waals surface area (Å²) in [7, 11) is 0.